The maximum absolute atomic E-state index is 12.9. The average Bonchev–Trinajstić information content (AvgIpc) is 2.43. The minimum atomic E-state index is -0.410. The highest BCUT2D eigenvalue weighted by Gasteiger charge is 2.10. The van der Waals surface area contributed by atoms with Crippen molar-refractivity contribution < 1.29 is 9.18 Å². The van der Waals surface area contributed by atoms with E-state index < -0.39 is 5.82 Å². The summed E-state index contributed by atoms with van der Waals surface area (Å²) in [6.45, 7) is 0. The molecule has 1 amide bonds. The number of amides is 1. The van der Waals surface area contributed by atoms with Crippen LogP contribution >= 0.6 is 35.0 Å². The zero-order valence-corrected chi connectivity index (χ0v) is 13.0. The molecule has 0 heterocycles. The van der Waals surface area contributed by atoms with Crippen molar-refractivity contribution in [3.8, 4) is 0 Å². The molecule has 0 unspecified atom stereocenters. The topological polar surface area (TPSA) is 55.1 Å². The van der Waals surface area contributed by atoms with Crippen LogP contribution in [0.2, 0.25) is 10.0 Å². The Morgan fingerprint density at radius 1 is 1.29 bits per heavy atom. The van der Waals surface area contributed by atoms with Gasteiger partial charge in [0.25, 0.3) is 0 Å². The normalized spacial score (nSPS) is 10.4. The molecule has 0 bridgehead atoms. The van der Waals surface area contributed by atoms with E-state index >= 15 is 0 Å². The molecule has 21 heavy (non-hydrogen) atoms. The fourth-order valence-corrected chi connectivity index (χ4v) is 2.68. The van der Waals surface area contributed by atoms with Gasteiger partial charge in [-0.05, 0) is 30.3 Å². The summed E-state index contributed by atoms with van der Waals surface area (Å²) in [6.07, 6.45) is 0. The maximum atomic E-state index is 12.9. The molecule has 0 saturated heterocycles. The van der Waals surface area contributed by atoms with E-state index in [9.17, 15) is 9.18 Å². The predicted molar refractivity (Wildman–Crippen MR) is 86.6 cm³/mol. The van der Waals surface area contributed by atoms with Gasteiger partial charge in [0.05, 0.1) is 21.5 Å². The van der Waals surface area contributed by atoms with Crippen molar-refractivity contribution in [1.82, 2.24) is 0 Å². The molecular weight excluding hydrogens is 334 g/mol. The first kappa shape index (κ1) is 15.9. The van der Waals surface area contributed by atoms with Gasteiger partial charge < -0.3 is 11.1 Å². The number of anilines is 2. The number of hydrogen-bond donors (Lipinski definition) is 2. The third-order valence-electron chi connectivity index (χ3n) is 2.56. The van der Waals surface area contributed by atoms with Crippen LogP contribution in [0, 0.1) is 5.82 Å². The number of benzene rings is 2. The van der Waals surface area contributed by atoms with Crippen molar-refractivity contribution in [2.75, 3.05) is 16.8 Å². The number of thioether (sulfide) groups is 1. The number of nitrogens with two attached hydrogens (primary N) is 1. The van der Waals surface area contributed by atoms with Gasteiger partial charge in [-0.25, -0.2) is 4.39 Å². The summed E-state index contributed by atoms with van der Waals surface area (Å²) in [7, 11) is 0. The zero-order chi connectivity index (χ0) is 15.4. The smallest absolute Gasteiger partial charge is 0.234 e. The number of nitrogen functional groups attached to an aromatic ring is 1. The summed E-state index contributed by atoms with van der Waals surface area (Å²) >= 11 is 13.1. The highest BCUT2D eigenvalue weighted by Crippen LogP contribution is 2.30. The third-order valence-corrected chi connectivity index (χ3v) is 4.46. The molecule has 3 nitrogen and oxygen atoms in total. The Labute approximate surface area is 135 Å². The maximum Gasteiger partial charge on any atom is 0.234 e. The van der Waals surface area contributed by atoms with Gasteiger partial charge in [-0.3, -0.25) is 4.79 Å². The van der Waals surface area contributed by atoms with Crippen LogP contribution in [0.3, 0.4) is 0 Å². The minimum absolute atomic E-state index is 0.124. The molecule has 3 N–H and O–H groups in total. The number of halogens is 3. The molecule has 2 aromatic rings. The molecular formula is C14H11Cl2FN2OS. The molecule has 0 aromatic heterocycles. The molecule has 110 valence electrons. The van der Waals surface area contributed by atoms with Gasteiger partial charge >= 0.3 is 0 Å². The molecule has 0 aliphatic carbocycles. The van der Waals surface area contributed by atoms with E-state index in [1.807, 2.05) is 0 Å². The van der Waals surface area contributed by atoms with Crippen LogP contribution in [0.5, 0.6) is 0 Å². The van der Waals surface area contributed by atoms with Crippen LogP contribution in [-0.4, -0.2) is 11.7 Å². The standard InChI is InChI=1S/C14H11Cl2FN2OS/c15-9-2-1-3-11(14(9)16)19-13(20)7-21-12-5-4-8(17)6-10(12)18/h1-6H,7,18H2,(H,19,20). The van der Waals surface area contributed by atoms with Gasteiger partial charge in [0.15, 0.2) is 0 Å². The lowest BCUT2D eigenvalue weighted by atomic mass is 10.3. The van der Waals surface area contributed by atoms with E-state index in [2.05, 4.69) is 5.32 Å². The van der Waals surface area contributed by atoms with Gasteiger partial charge in [0.1, 0.15) is 5.82 Å². The fourth-order valence-electron chi connectivity index (χ4n) is 1.58. The van der Waals surface area contributed by atoms with Crippen molar-refractivity contribution in [1.29, 1.82) is 0 Å². The van der Waals surface area contributed by atoms with E-state index in [0.717, 1.165) is 0 Å². The third kappa shape index (κ3) is 4.27. The second-order valence-corrected chi connectivity index (χ2v) is 5.92. The van der Waals surface area contributed by atoms with E-state index in [-0.39, 0.29) is 11.7 Å². The summed E-state index contributed by atoms with van der Waals surface area (Å²) in [5.74, 6) is -0.543. The van der Waals surface area contributed by atoms with Crippen molar-refractivity contribution in [3.63, 3.8) is 0 Å². The Morgan fingerprint density at radius 3 is 2.76 bits per heavy atom. The van der Waals surface area contributed by atoms with Crippen molar-refractivity contribution in [2.45, 2.75) is 4.90 Å². The monoisotopic (exact) mass is 344 g/mol. The first-order valence-electron chi connectivity index (χ1n) is 5.89. The first-order chi connectivity index (χ1) is 9.97. The summed E-state index contributed by atoms with van der Waals surface area (Å²) < 4.78 is 12.9. The number of rotatable bonds is 4. The lowest BCUT2D eigenvalue weighted by molar-refractivity contribution is -0.113. The van der Waals surface area contributed by atoms with Gasteiger partial charge in [-0.2, -0.15) is 0 Å². The van der Waals surface area contributed by atoms with Crippen LogP contribution in [0.4, 0.5) is 15.8 Å². The molecule has 2 rings (SSSR count). The van der Waals surface area contributed by atoms with Crippen molar-refractivity contribution >= 4 is 52.2 Å². The minimum Gasteiger partial charge on any atom is -0.398 e. The number of carbonyl (C=O) groups excluding carboxylic acids is 1. The van der Waals surface area contributed by atoms with Crippen LogP contribution in [0.1, 0.15) is 0 Å². The number of nitrogens with one attached hydrogen (secondary N) is 1. The lowest BCUT2D eigenvalue weighted by Gasteiger charge is -2.09. The highest BCUT2D eigenvalue weighted by molar-refractivity contribution is 8.00. The molecule has 0 fully saturated rings. The number of carbonyl (C=O) groups is 1. The Balaban J connectivity index is 1.97. The van der Waals surface area contributed by atoms with Crippen molar-refractivity contribution in [3.05, 3.63) is 52.3 Å². The summed E-state index contributed by atoms with van der Waals surface area (Å²) in [4.78, 5) is 12.5. The largest absolute Gasteiger partial charge is 0.398 e. The molecule has 0 aliphatic heterocycles. The van der Waals surface area contributed by atoms with E-state index in [4.69, 9.17) is 28.9 Å². The lowest BCUT2D eigenvalue weighted by Crippen LogP contribution is -2.14. The van der Waals surface area contributed by atoms with Crippen LogP contribution < -0.4 is 11.1 Å². The average molecular weight is 345 g/mol. The molecule has 0 spiro atoms. The zero-order valence-electron chi connectivity index (χ0n) is 10.7. The molecule has 0 radical (unpaired) electrons. The summed E-state index contributed by atoms with van der Waals surface area (Å²) in [5.41, 5.74) is 6.42. The second kappa shape index (κ2) is 7.02. The number of hydrogen-bond acceptors (Lipinski definition) is 3. The van der Waals surface area contributed by atoms with Crippen LogP contribution in [0.25, 0.3) is 0 Å². The second-order valence-electron chi connectivity index (χ2n) is 4.12. The summed E-state index contributed by atoms with van der Waals surface area (Å²) in [5, 5.41) is 3.32. The fraction of sp³-hybridized carbons (Fsp3) is 0.0714. The first-order valence-corrected chi connectivity index (χ1v) is 7.63. The SMILES string of the molecule is Nc1cc(F)ccc1SCC(=O)Nc1cccc(Cl)c1Cl. The van der Waals surface area contributed by atoms with E-state index in [0.29, 0.717) is 26.3 Å². The Morgan fingerprint density at radius 2 is 2.05 bits per heavy atom. The molecule has 0 aliphatic rings. The molecule has 7 heteroatoms. The van der Waals surface area contributed by atoms with Gasteiger partial charge in [0.2, 0.25) is 5.91 Å². The van der Waals surface area contributed by atoms with E-state index in [1.54, 1.807) is 18.2 Å². The van der Waals surface area contributed by atoms with Gasteiger partial charge in [0, 0.05) is 10.6 Å². The molecule has 0 atom stereocenters. The molecule has 2 aromatic carbocycles. The highest BCUT2D eigenvalue weighted by atomic mass is 35.5. The Hall–Kier alpha value is -1.43. The molecule has 0 saturated carbocycles. The van der Waals surface area contributed by atoms with Crippen LogP contribution in [0.15, 0.2) is 41.3 Å². The van der Waals surface area contributed by atoms with Crippen LogP contribution in [-0.2, 0) is 4.79 Å². The predicted octanol–water partition coefficient (Wildman–Crippen LogP) is 4.45. The van der Waals surface area contributed by atoms with Gasteiger partial charge in [-0.15, -0.1) is 11.8 Å². The van der Waals surface area contributed by atoms with Gasteiger partial charge in [-0.1, -0.05) is 29.3 Å². The van der Waals surface area contributed by atoms with E-state index in [1.165, 1.54) is 30.0 Å². The summed E-state index contributed by atoms with van der Waals surface area (Å²) in [6, 6.07) is 9.03. The Kier molecular flexibility index (Phi) is 5.33. The Bertz CT molecular complexity index is 682. The quantitative estimate of drug-likeness (QED) is 0.636. The van der Waals surface area contributed by atoms with Crippen molar-refractivity contribution in [2.24, 2.45) is 0 Å².